The van der Waals surface area contributed by atoms with E-state index < -0.39 is 11.1 Å². The number of imide groups is 1. The lowest BCUT2D eigenvalue weighted by atomic mass is 10.1. The Morgan fingerprint density at radius 2 is 1.76 bits per heavy atom. The van der Waals surface area contributed by atoms with Crippen molar-refractivity contribution in [2.24, 2.45) is 0 Å². The first kappa shape index (κ1) is 27.3. The topological polar surface area (TPSA) is 105 Å². The van der Waals surface area contributed by atoms with Crippen LogP contribution in [0.1, 0.15) is 36.0 Å². The SMILES string of the molecule is COc1cc(/C=C2/SC(=O)N(CC(=O)N3CCCCC3)C2=O)ccc1OCC(=O)Nc1ccc(C)c(C)c1. The van der Waals surface area contributed by atoms with Gasteiger partial charge in [-0.3, -0.25) is 24.1 Å². The maximum absolute atomic E-state index is 12.9. The van der Waals surface area contributed by atoms with E-state index in [2.05, 4.69) is 5.32 Å². The van der Waals surface area contributed by atoms with Crippen molar-refractivity contribution >= 4 is 46.5 Å². The maximum atomic E-state index is 12.9. The molecule has 2 aromatic carbocycles. The second kappa shape index (κ2) is 12.2. The summed E-state index contributed by atoms with van der Waals surface area (Å²) in [4.78, 5) is 53.2. The number of amides is 4. The second-order valence-electron chi connectivity index (χ2n) is 9.26. The highest BCUT2D eigenvalue weighted by Crippen LogP contribution is 2.34. The van der Waals surface area contributed by atoms with E-state index in [1.165, 1.54) is 7.11 Å². The van der Waals surface area contributed by atoms with Crippen LogP contribution in [-0.2, 0) is 14.4 Å². The molecular weight excluding hydrogens is 506 g/mol. The zero-order chi connectivity index (χ0) is 27.2. The zero-order valence-corrected chi connectivity index (χ0v) is 22.6. The van der Waals surface area contributed by atoms with E-state index in [1.807, 2.05) is 32.0 Å². The summed E-state index contributed by atoms with van der Waals surface area (Å²) >= 11 is 0.803. The van der Waals surface area contributed by atoms with Crippen molar-refractivity contribution in [3.63, 3.8) is 0 Å². The molecule has 2 heterocycles. The van der Waals surface area contributed by atoms with Crippen LogP contribution in [0.2, 0.25) is 0 Å². The van der Waals surface area contributed by atoms with Crippen LogP contribution >= 0.6 is 11.8 Å². The Labute approximate surface area is 226 Å². The number of methoxy groups -OCH3 is 1. The number of carbonyl (C=O) groups excluding carboxylic acids is 4. The van der Waals surface area contributed by atoms with E-state index in [-0.39, 0.29) is 29.9 Å². The monoisotopic (exact) mass is 537 g/mol. The Bertz CT molecular complexity index is 1290. The molecule has 2 aromatic rings. The fraction of sp³-hybridized carbons (Fsp3) is 0.357. The summed E-state index contributed by atoms with van der Waals surface area (Å²) in [5, 5.41) is 2.34. The molecule has 9 nitrogen and oxygen atoms in total. The van der Waals surface area contributed by atoms with Gasteiger partial charge in [-0.25, -0.2) is 0 Å². The number of aryl methyl sites for hydroxylation is 2. The molecule has 0 spiro atoms. The highest BCUT2D eigenvalue weighted by molar-refractivity contribution is 8.18. The number of carbonyl (C=O) groups is 4. The van der Waals surface area contributed by atoms with Gasteiger partial charge in [-0.15, -0.1) is 0 Å². The highest BCUT2D eigenvalue weighted by atomic mass is 32.2. The molecule has 0 atom stereocenters. The minimum atomic E-state index is -0.493. The van der Waals surface area contributed by atoms with Gasteiger partial charge in [-0.1, -0.05) is 12.1 Å². The van der Waals surface area contributed by atoms with E-state index in [1.54, 1.807) is 29.2 Å². The molecular formula is C28H31N3O6S. The third-order valence-electron chi connectivity index (χ3n) is 6.51. The van der Waals surface area contributed by atoms with Crippen molar-refractivity contribution in [3.8, 4) is 11.5 Å². The first-order valence-corrected chi connectivity index (χ1v) is 13.3. The predicted molar refractivity (Wildman–Crippen MR) is 146 cm³/mol. The average Bonchev–Trinajstić information content (AvgIpc) is 3.17. The molecule has 10 heteroatoms. The van der Waals surface area contributed by atoms with Gasteiger partial charge >= 0.3 is 0 Å². The lowest BCUT2D eigenvalue weighted by molar-refractivity contribution is -0.136. The lowest BCUT2D eigenvalue weighted by Crippen LogP contribution is -2.44. The maximum Gasteiger partial charge on any atom is 0.294 e. The van der Waals surface area contributed by atoms with Crippen LogP contribution in [0.3, 0.4) is 0 Å². The summed E-state index contributed by atoms with van der Waals surface area (Å²) < 4.78 is 11.1. The molecule has 4 amide bonds. The predicted octanol–water partition coefficient (Wildman–Crippen LogP) is 4.38. The van der Waals surface area contributed by atoms with Gasteiger partial charge in [0.25, 0.3) is 17.1 Å². The van der Waals surface area contributed by atoms with Gasteiger partial charge in [0, 0.05) is 18.8 Å². The van der Waals surface area contributed by atoms with Crippen molar-refractivity contribution in [3.05, 3.63) is 58.0 Å². The molecule has 1 N–H and O–H groups in total. The summed E-state index contributed by atoms with van der Waals surface area (Å²) in [7, 11) is 1.47. The van der Waals surface area contributed by atoms with Crippen LogP contribution in [0.4, 0.5) is 10.5 Å². The van der Waals surface area contributed by atoms with Gasteiger partial charge in [-0.05, 0) is 91.9 Å². The number of benzene rings is 2. The highest BCUT2D eigenvalue weighted by Gasteiger charge is 2.37. The molecule has 0 aromatic heterocycles. The Kier molecular flexibility index (Phi) is 8.73. The molecule has 0 saturated carbocycles. The molecule has 0 bridgehead atoms. The van der Waals surface area contributed by atoms with Crippen molar-refractivity contribution in [1.82, 2.24) is 9.80 Å². The van der Waals surface area contributed by atoms with Gasteiger partial charge in [-0.2, -0.15) is 0 Å². The summed E-state index contributed by atoms with van der Waals surface area (Å²) in [6.07, 6.45) is 4.54. The molecule has 4 rings (SSSR count). The Hall–Kier alpha value is -3.79. The third kappa shape index (κ3) is 6.55. The van der Waals surface area contributed by atoms with E-state index in [4.69, 9.17) is 9.47 Å². The first-order valence-electron chi connectivity index (χ1n) is 12.5. The Morgan fingerprint density at radius 1 is 1.00 bits per heavy atom. The Balaban J connectivity index is 1.38. The number of anilines is 1. The van der Waals surface area contributed by atoms with Crippen LogP contribution in [0.25, 0.3) is 6.08 Å². The standard InChI is InChI=1S/C28H31N3O6S/c1-18-7-9-21(13-19(18)2)29-25(32)17-37-22-10-8-20(14-23(22)36-3)15-24-27(34)31(28(35)38-24)16-26(33)30-11-5-4-6-12-30/h7-10,13-15H,4-6,11-12,16-17H2,1-3H3,(H,29,32)/b24-15+. The molecule has 2 fully saturated rings. The minimum absolute atomic E-state index is 0.210. The largest absolute Gasteiger partial charge is 0.493 e. The van der Waals surface area contributed by atoms with Crippen molar-refractivity contribution in [2.45, 2.75) is 33.1 Å². The molecule has 2 saturated heterocycles. The summed E-state index contributed by atoms with van der Waals surface area (Å²) in [5.41, 5.74) is 3.52. The van der Waals surface area contributed by atoms with Gasteiger partial charge in [0.15, 0.2) is 18.1 Å². The number of ether oxygens (including phenoxy) is 2. The molecule has 2 aliphatic rings. The van der Waals surface area contributed by atoms with Crippen molar-refractivity contribution < 1.29 is 28.7 Å². The fourth-order valence-corrected chi connectivity index (χ4v) is 5.06. The van der Waals surface area contributed by atoms with E-state index in [9.17, 15) is 19.2 Å². The number of nitrogens with zero attached hydrogens (tertiary/aromatic N) is 2. The molecule has 200 valence electrons. The molecule has 0 aliphatic carbocycles. The van der Waals surface area contributed by atoms with Crippen LogP contribution in [0, 0.1) is 13.8 Å². The number of likely N-dealkylation sites (tertiary alicyclic amines) is 1. The minimum Gasteiger partial charge on any atom is -0.493 e. The quantitative estimate of drug-likeness (QED) is 0.498. The van der Waals surface area contributed by atoms with E-state index in [0.717, 1.165) is 47.1 Å². The summed E-state index contributed by atoms with van der Waals surface area (Å²) in [5.74, 6) is -0.282. The lowest BCUT2D eigenvalue weighted by Gasteiger charge is -2.27. The molecule has 38 heavy (non-hydrogen) atoms. The number of hydrogen-bond donors (Lipinski definition) is 1. The number of nitrogens with one attached hydrogen (secondary N) is 1. The Morgan fingerprint density at radius 3 is 2.47 bits per heavy atom. The van der Waals surface area contributed by atoms with Crippen molar-refractivity contribution in [1.29, 1.82) is 0 Å². The first-order chi connectivity index (χ1) is 18.2. The molecule has 2 aliphatic heterocycles. The van der Waals surface area contributed by atoms with E-state index >= 15 is 0 Å². The van der Waals surface area contributed by atoms with Crippen LogP contribution in [0.5, 0.6) is 11.5 Å². The van der Waals surface area contributed by atoms with Gasteiger partial charge in [0.1, 0.15) is 6.54 Å². The summed E-state index contributed by atoms with van der Waals surface area (Å²) in [6.45, 7) is 4.83. The smallest absolute Gasteiger partial charge is 0.294 e. The number of piperidine rings is 1. The van der Waals surface area contributed by atoms with Gasteiger partial charge in [0.05, 0.1) is 12.0 Å². The summed E-state index contributed by atoms with van der Waals surface area (Å²) in [6, 6.07) is 10.7. The molecule has 0 radical (unpaired) electrons. The average molecular weight is 538 g/mol. The van der Waals surface area contributed by atoms with Crippen LogP contribution in [0.15, 0.2) is 41.3 Å². The molecule has 0 unspecified atom stereocenters. The zero-order valence-electron chi connectivity index (χ0n) is 21.7. The van der Waals surface area contributed by atoms with Gasteiger partial charge in [0.2, 0.25) is 5.91 Å². The van der Waals surface area contributed by atoms with E-state index in [0.29, 0.717) is 35.8 Å². The fourth-order valence-electron chi connectivity index (χ4n) is 4.22. The number of rotatable bonds is 8. The normalized spacial score (nSPS) is 16.7. The number of hydrogen-bond acceptors (Lipinski definition) is 7. The third-order valence-corrected chi connectivity index (χ3v) is 7.42. The number of thioether (sulfide) groups is 1. The van der Waals surface area contributed by atoms with Crippen LogP contribution < -0.4 is 14.8 Å². The van der Waals surface area contributed by atoms with Gasteiger partial charge < -0.3 is 19.7 Å². The van der Waals surface area contributed by atoms with Crippen molar-refractivity contribution in [2.75, 3.05) is 38.7 Å². The second-order valence-corrected chi connectivity index (χ2v) is 10.2. The van der Waals surface area contributed by atoms with Crippen LogP contribution in [-0.4, -0.2) is 66.1 Å².